The molecule has 0 atom stereocenters. The topological polar surface area (TPSA) is 38.4 Å². The van der Waals surface area contributed by atoms with E-state index >= 15 is 0 Å². The second-order valence-electron chi connectivity index (χ2n) is 3.04. The smallest absolute Gasteiger partial charge is 0.0393 e. The lowest BCUT2D eigenvalue weighted by atomic mass is 9.91. The fourth-order valence-corrected chi connectivity index (χ4v) is 1.56. The number of hydrogen-bond donors (Lipinski definition) is 1. The summed E-state index contributed by atoms with van der Waals surface area (Å²) in [6, 6.07) is 0. The van der Waals surface area contributed by atoms with Crippen molar-refractivity contribution in [3.05, 3.63) is 11.3 Å². The third kappa shape index (κ3) is 1.82. The van der Waals surface area contributed by atoms with Gasteiger partial charge in [0, 0.05) is 18.5 Å². The van der Waals surface area contributed by atoms with Crippen molar-refractivity contribution < 1.29 is 0 Å². The van der Waals surface area contributed by atoms with Gasteiger partial charge in [0.1, 0.15) is 0 Å². The minimum atomic E-state index is 0.949. The Bertz CT molecular complexity index is 198. The molecule has 1 saturated carbocycles. The second kappa shape index (κ2) is 3.56. The lowest BCUT2D eigenvalue weighted by Gasteiger charge is -2.17. The first-order chi connectivity index (χ1) is 5.25. The van der Waals surface area contributed by atoms with E-state index < -0.39 is 0 Å². The first-order valence-electron chi connectivity index (χ1n) is 4.17. The van der Waals surface area contributed by atoms with Crippen LogP contribution in [0.2, 0.25) is 0 Å². The van der Waals surface area contributed by atoms with E-state index in [1.807, 2.05) is 14.0 Å². The third-order valence-electron chi connectivity index (χ3n) is 2.18. The van der Waals surface area contributed by atoms with Crippen LogP contribution >= 0.6 is 0 Å². The van der Waals surface area contributed by atoms with E-state index in [4.69, 9.17) is 5.73 Å². The molecule has 0 spiro atoms. The van der Waals surface area contributed by atoms with Crippen LogP contribution in [0.25, 0.3) is 0 Å². The molecule has 1 aliphatic rings. The number of nitrogens with zero attached hydrogens (tertiary/aromatic N) is 1. The van der Waals surface area contributed by atoms with Crippen LogP contribution in [0.1, 0.15) is 32.6 Å². The monoisotopic (exact) mass is 152 g/mol. The standard InChI is InChI=1S/C9H16N2/c1-7(10)8-5-3-4-6-9(8)11-2/h3-6,10H2,1-2H3/b8-7+,11-9?. The summed E-state index contributed by atoms with van der Waals surface area (Å²) in [4.78, 5) is 4.23. The van der Waals surface area contributed by atoms with Crippen LogP contribution in [0.15, 0.2) is 16.3 Å². The Hall–Kier alpha value is -0.790. The Kier molecular flexibility index (Phi) is 2.69. The molecule has 0 aromatic carbocycles. The molecular weight excluding hydrogens is 136 g/mol. The van der Waals surface area contributed by atoms with Crippen molar-refractivity contribution in [3.63, 3.8) is 0 Å². The molecule has 62 valence electrons. The molecule has 0 bridgehead atoms. The van der Waals surface area contributed by atoms with Crippen LogP contribution in [-0.4, -0.2) is 12.8 Å². The van der Waals surface area contributed by atoms with Gasteiger partial charge in [0.25, 0.3) is 0 Å². The zero-order valence-electron chi connectivity index (χ0n) is 7.35. The van der Waals surface area contributed by atoms with Crippen molar-refractivity contribution in [3.8, 4) is 0 Å². The maximum absolute atomic E-state index is 5.73. The minimum Gasteiger partial charge on any atom is -0.402 e. The van der Waals surface area contributed by atoms with Gasteiger partial charge in [-0.3, -0.25) is 4.99 Å². The highest BCUT2D eigenvalue weighted by Crippen LogP contribution is 2.21. The van der Waals surface area contributed by atoms with Gasteiger partial charge < -0.3 is 5.73 Å². The predicted octanol–water partition coefficient (Wildman–Crippen LogP) is 1.86. The predicted molar refractivity (Wildman–Crippen MR) is 48.7 cm³/mol. The van der Waals surface area contributed by atoms with Gasteiger partial charge in [-0.25, -0.2) is 0 Å². The van der Waals surface area contributed by atoms with Gasteiger partial charge in [-0.2, -0.15) is 0 Å². The van der Waals surface area contributed by atoms with Crippen LogP contribution in [-0.2, 0) is 0 Å². The summed E-state index contributed by atoms with van der Waals surface area (Å²) in [5, 5.41) is 0. The number of rotatable bonds is 0. The molecule has 0 amide bonds. The van der Waals surface area contributed by atoms with Crippen molar-refractivity contribution in [2.75, 3.05) is 7.05 Å². The molecule has 2 heteroatoms. The van der Waals surface area contributed by atoms with Gasteiger partial charge in [-0.1, -0.05) is 0 Å². The molecule has 0 aromatic rings. The number of allylic oxidation sites excluding steroid dienone is 2. The summed E-state index contributed by atoms with van der Waals surface area (Å²) in [7, 11) is 1.85. The Morgan fingerprint density at radius 1 is 1.36 bits per heavy atom. The minimum absolute atomic E-state index is 0.949. The Morgan fingerprint density at radius 2 is 2.00 bits per heavy atom. The maximum atomic E-state index is 5.73. The van der Waals surface area contributed by atoms with Gasteiger partial charge in [0.05, 0.1) is 0 Å². The zero-order valence-corrected chi connectivity index (χ0v) is 7.35. The lowest BCUT2D eigenvalue weighted by molar-refractivity contribution is 0.726. The average Bonchev–Trinajstić information content (AvgIpc) is 2.04. The summed E-state index contributed by atoms with van der Waals surface area (Å²) >= 11 is 0. The highest BCUT2D eigenvalue weighted by atomic mass is 14.7. The van der Waals surface area contributed by atoms with E-state index in [0.29, 0.717) is 0 Å². The molecule has 1 rings (SSSR count). The van der Waals surface area contributed by atoms with E-state index in [9.17, 15) is 0 Å². The fourth-order valence-electron chi connectivity index (χ4n) is 1.56. The fraction of sp³-hybridized carbons (Fsp3) is 0.667. The van der Waals surface area contributed by atoms with E-state index in [1.165, 1.54) is 24.1 Å². The van der Waals surface area contributed by atoms with Crippen molar-refractivity contribution in [1.29, 1.82) is 0 Å². The highest BCUT2D eigenvalue weighted by molar-refractivity contribution is 6.01. The Labute approximate surface area is 68.2 Å². The third-order valence-corrected chi connectivity index (χ3v) is 2.18. The SMILES string of the molecule is CN=C1CCCC/C1=C(/C)N. The molecular formula is C9H16N2. The average molecular weight is 152 g/mol. The van der Waals surface area contributed by atoms with Gasteiger partial charge >= 0.3 is 0 Å². The molecule has 0 saturated heterocycles. The van der Waals surface area contributed by atoms with Gasteiger partial charge in [0.15, 0.2) is 0 Å². The van der Waals surface area contributed by atoms with E-state index in [-0.39, 0.29) is 0 Å². The first-order valence-corrected chi connectivity index (χ1v) is 4.17. The van der Waals surface area contributed by atoms with Crippen LogP contribution < -0.4 is 5.73 Å². The molecule has 0 heterocycles. The lowest BCUT2D eigenvalue weighted by Crippen LogP contribution is -2.13. The van der Waals surface area contributed by atoms with Crippen LogP contribution in [0.5, 0.6) is 0 Å². The van der Waals surface area contributed by atoms with Crippen LogP contribution in [0.3, 0.4) is 0 Å². The summed E-state index contributed by atoms with van der Waals surface area (Å²) in [6.07, 6.45) is 4.77. The summed E-state index contributed by atoms with van der Waals surface area (Å²) in [5.74, 6) is 0. The van der Waals surface area contributed by atoms with E-state index in [0.717, 1.165) is 18.5 Å². The van der Waals surface area contributed by atoms with E-state index in [2.05, 4.69) is 4.99 Å². The van der Waals surface area contributed by atoms with Crippen LogP contribution in [0, 0.1) is 0 Å². The summed E-state index contributed by atoms with van der Waals surface area (Å²) < 4.78 is 0. The van der Waals surface area contributed by atoms with Gasteiger partial charge in [-0.15, -0.1) is 0 Å². The largest absolute Gasteiger partial charge is 0.402 e. The number of aliphatic imine (C=N–C) groups is 1. The van der Waals surface area contributed by atoms with Crippen molar-refractivity contribution >= 4 is 5.71 Å². The quantitative estimate of drug-likeness (QED) is 0.565. The molecule has 0 aromatic heterocycles. The molecule has 2 nitrogen and oxygen atoms in total. The number of hydrogen-bond acceptors (Lipinski definition) is 2. The maximum Gasteiger partial charge on any atom is 0.0393 e. The molecule has 0 radical (unpaired) electrons. The van der Waals surface area contributed by atoms with Gasteiger partial charge in [-0.05, 0) is 38.2 Å². The summed E-state index contributed by atoms with van der Waals surface area (Å²) in [6.45, 7) is 1.96. The van der Waals surface area contributed by atoms with Crippen molar-refractivity contribution in [1.82, 2.24) is 0 Å². The first kappa shape index (κ1) is 8.31. The molecule has 1 aliphatic carbocycles. The molecule has 2 N–H and O–H groups in total. The normalized spacial score (nSPS) is 27.3. The number of nitrogens with two attached hydrogens (primary N) is 1. The Morgan fingerprint density at radius 3 is 2.45 bits per heavy atom. The highest BCUT2D eigenvalue weighted by Gasteiger charge is 2.13. The molecule has 1 fully saturated rings. The molecule has 0 aliphatic heterocycles. The molecule has 11 heavy (non-hydrogen) atoms. The van der Waals surface area contributed by atoms with E-state index in [1.54, 1.807) is 0 Å². The van der Waals surface area contributed by atoms with Crippen molar-refractivity contribution in [2.45, 2.75) is 32.6 Å². The van der Waals surface area contributed by atoms with Crippen LogP contribution in [0.4, 0.5) is 0 Å². The second-order valence-corrected chi connectivity index (χ2v) is 3.04. The zero-order chi connectivity index (χ0) is 8.27. The summed E-state index contributed by atoms with van der Waals surface area (Å²) in [5.41, 5.74) is 9.19. The molecule has 0 unspecified atom stereocenters. The van der Waals surface area contributed by atoms with Gasteiger partial charge in [0.2, 0.25) is 0 Å². The van der Waals surface area contributed by atoms with Crippen molar-refractivity contribution in [2.24, 2.45) is 10.7 Å². The Balaban J connectivity index is 2.84.